The molecule has 1 aromatic carbocycles. The van der Waals surface area contributed by atoms with Crippen molar-refractivity contribution in [2.45, 2.75) is 52.6 Å². The summed E-state index contributed by atoms with van der Waals surface area (Å²) in [7, 11) is 0. The third-order valence-electron chi connectivity index (χ3n) is 2.83. The second-order valence-corrected chi connectivity index (χ2v) is 5.43. The number of hydrogen-bond donors (Lipinski definition) is 1. The number of aryl methyl sites for hydroxylation is 1. The Morgan fingerprint density at radius 1 is 1.06 bits per heavy atom. The van der Waals surface area contributed by atoms with Crippen LogP contribution >= 0.6 is 0 Å². The topological polar surface area (TPSA) is 21.3 Å². The van der Waals surface area contributed by atoms with Gasteiger partial charge in [-0.1, -0.05) is 32.4 Å². The van der Waals surface area contributed by atoms with Crippen LogP contribution in [-0.4, -0.2) is 18.7 Å². The zero-order valence-corrected chi connectivity index (χ0v) is 12.3. The van der Waals surface area contributed by atoms with Gasteiger partial charge >= 0.3 is 0 Å². The van der Waals surface area contributed by atoms with E-state index in [1.165, 1.54) is 12.0 Å². The number of ether oxygens (including phenoxy) is 1. The zero-order chi connectivity index (χ0) is 13.4. The summed E-state index contributed by atoms with van der Waals surface area (Å²) in [5.74, 6) is 0.957. The molecule has 18 heavy (non-hydrogen) atoms. The second-order valence-electron chi connectivity index (χ2n) is 5.43. The molecule has 0 aromatic heterocycles. The summed E-state index contributed by atoms with van der Waals surface area (Å²) in [5.41, 5.74) is 1.22. The first-order chi connectivity index (χ1) is 8.57. The number of rotatable bonds is 8. The van der Waals surface area contributed by atoms with Gasteiger partial charge in [-0.15, -0.1) is 0 Å². The first kappa shape index (κ1) is 15.0. The second kappa shape index (κ2) is 7.42. The quantitative estimate of drug-likeness (QED) is 0.708. The van der Waals surface area contributed by atoms with Crippen LogP contribution in [0.5, 0.6) is 5.75 Å². The Balaban J connectivity index is 2.49. The van der Waals surface area contributed by atoms with E-state index in [0.717, 1.165) is 31.7 Å². The molecule has 0 radical (unpaired) electrons. The third-order valence-corrected chi connectivity index (χ3v) is 2.83. The van der Waals surface area contributed by atoms with Gasteiger partial charge in [-0.05, 0) is 50.9 Å². The molecule has 0 aliphatic carbocycles. The van der Waals surface area contributed by atoms with Gasteiger partial charge in [0.2, 0.25) is 0 Å². The van der Waals surface area contributed by atoms with Gasteiger partial charge in [-0.2, -0.15) is 0 Å². The molecular weight excluding hydrogens is 222 g/mol. The maximum atomic E-state index is 6.02. The highest BCUT2D eigenvalue weighted by Gasteiger charge is 2.18. The summed E-state index contributed by atoms with van der Waals surface area (Å²) >= 11 is 0. The van der Waals surface area contributed by atoms with Crippen LogP contribution in [0.4, 0.5) is 0 Å². The van der Waals surface area contributed by atoms with E-state index in [9.17, 15) is 0 Å². The molecular formula is C16H27NO. The van der Waals surface area contributed by atoms with Crippen molar-refractivity contribution in [2.75, 3.05) is 13.1 Å². The zero-order valence-electron chi connectivity index (χ0n) is 12.3. The molecule has 0 aliphatic heterocycles. The van der Waals surface area contributed by atoms with Gasteiger partial charge < -0.3 is 10.1 Å². The number of benzene rings is 1. The summed E-state index contributed by atoms with van der Waals surface area (Å²) < 4.78 is 6.02. The van der Waals surface area contributed by atoms with Crippen LogP contribution < -0.4 is 10.1 Å². The van der Waals surface area contributed by atoms with Crippen LogP contribution in [-0.2, 0) is 6.42 Å². The minimum atomic E-state index is -0.165. The van der Waals surface area contributed by atoms with E-state index in [1.807, 2.05) is 0 Å². The highest BCUT2D eigenvalue weighted by atomic mass is 16.5. The van der Waals surface area contributed by atoms with Crippen molar-refractivity contribution in [3.05, 3.63) is 29.8 Å². The SMILES string of the molecule is CCCNCC(C)(C)Oc1ccc(CCC)cc1. The Morgan fingerprint density at radius 2 is 1.72 bits per heavy atom. The van der Waals surface area contributed by atoms with Crippen molar-refractivity contribution >= 4 is 0 Å². The minimum Gasteiger partial charge on any atom is -0.487 e. The van der Waals surface area contributed by atoms with Crippen LogP contribution in [0, 0.1) is 0 Å². The van der Waals surface area contributed by atoms with Gasteiger partial charge in [0.1, 0.15) is 11.4 Å². The molecule has 0 unspecified atom stereocenters. The molecule has 0 fully saturated rings. The van der Waals surface area contributed by atoms with Crippen LogP contribution in [0.3, 0.4) is 0 Å². The molecule has 1 aromatic rings. The highest BCUT2D eigenvalue weighted by molar-refractivity contribution is 5.27. The highest BCUT2D eigenvalue weighted by Crippen LogP contribution is 2.19. The maximum Gasteiger partial charge on any atom is 0.120 e. The van der Waals surface area contributed by atoms with Crippen LogP contribution in [0.15, 0.2) is 24.3 Å². The molecule has 0 heterocycles. The smallest absolute Gasteiger partial charge is 0.120 e. The molecule has 0 aliphatic rings. The van der Waals surface area contributed by atoms with E-state index in [-0.39, 0.29) is 5.60 Å². The summed E-state index contributed by atoms with van der Waals surface area (Å²) in [6, 6.07) is 8.47. The molecule has 0 atom stereocenters. The average molecular weight is 249 g/mol. The van der Waals surface area contributed by atoms with E-state index in [1.54, 1.807) is 0 Å². The van der Waals surface area contributed by atoms with Gasteiger partial charge in [0, 0.05) is 6.54 Å². The Morgan fingerprint density at radius 3 is 2.28 bits per heavy atom. The van der Waals surface area contributed by atoms with Crippen LogP contribution in [0.25, 0.3) is 0 Å². The summed E-state index contributed by atoms with van der Waals surface area (Å²) in [4.78, 5) is 0. The predicted octanol–water partition coefficient (Wildman–Crippen LogP) is 3.80. The van der Waals surface area contributed by atoms with E-state index in [2.05, 4.69) is 57.3 Å². The standard InChI is InChI=1S/C16H27NO/c1-5-7-14-8-10-15(11-9-14)18-16(3,4)13-17-12-6-2/h8-11,17H,5-7,12-13H2,1-4H3. The van der Waals surface area contributed by atoms with Crippen molar-refractivity contribution < 1.29 is 4.74 Å². The fourth-order valence-electron chi connectivity index (χ4n) is 1.93. The lowest BCUT2D eigenvalue weighted by Crippen LogP contribution is -2.40. The van der Waals surface area contributed by atoms with Gasteiger partial charge in [-0.3, -0.25) is 0 Å². The lowest BCUT2D eigenvalue weighted by molar-refractivity contribution is 0.108. The summed E-state index contributed by atoms with van der Waals surface area (Å²) in [5, 5.41) is 3.40. The molecule has 1 rings (SSSR count). The molecule has 0 saturated heterocycles. The van der Waals surface area contributed by atoms with Gasteiger partial charge in [-0.25, -0.2) is 0 Å². The van der Waals surface area contributed by atoms with E-state index < -0.39 is 0 Å². The lowest BCUT2D eigenvalue weighted by atomic mass is 10.1. The molecule has 2 nitrogen and oxygen atoms in total. The summed E-state index contributed by atoms with van der Waals surface area (Å²) in [6.45, 7) is 10.5. The molecule has 0 amide bonds. The Bertz CT molecular complexity index is 329. The van der Waals surface area contributed by atoms with Gasteiger partial charge in [0.25, 0.3) is 0 Å². The molecule has 0 spiro atoms. The first-order valence-corrected chi connectivity index (χ1v) is 7.06. The Hall–Kier alpha value is -1.02. The monoisotopic (exact) mass is 249 g/mol. The Kier molecular flexibility index (Phi) is 6.20. The average Bonchev–Trinajstić information content (AvgIpc) is 2.32. The molecule has 102 valence electrons. The van der Waals surface area contributed by atoms with E-state index >= 15 is 0 Å². The fraction of sp³-hybridized carbons (Fsp3) is 0.625. The maximum absolute atomic E-state index is 6.02. The van der Waals surface area contributed by atoms with Crippen molar-refractivity contribution in [2.24, 2.45) is 0 Å². The van der Waals surface area contributed by atoms with Crippen LogP contribution in [0.1, 0.15) is 46.1 Å². The van der Waals surface area contributed by atoms with Gasteiger partial charge in [0.15, 0.2) is 0 Å². The molecule has 0 bridgehead atoms. The minimum absolute atomic E-state index is 0.165. The first-order valence-electron chi connectivity index (χ1n) is 7.06. The third kappa shape index (κ3) is 5.54. The number of nitrogens with one attached hydrogen (secondary N) is 1. The van der Waals surface area contributed by atoms with E-state index in [0.29, 0.717) is 0 Å². The summed E-state index contributed by atoms with van der Waals surface area (Å²) in [6.07, 6.45) is 3.48. The van der Waals surface area contributed by atoms with E-state index in [4.69, 9.17) is 4.74 Å². The molecule has 1 N–H and O–H groups in total. The predicted molar refractivity (Wildman–Crippen MR) is 78.3 cm³/mol. The van der Waals surface area contributed by atoms with Crippen molar-refractivity contribution in [1.29, 1.82) is 0 Å². The fourth-order valence-corrected chi connectivity index (χ4v) is 1.93. The van der Waals surface area contributed by atoms with Crippen molar-refractivity contribution in [3.63, 3.8) is 0 Å². The van der Waals surface area contributed by atoms with Crippen molar-refractivity contribution in [3.8, 4) is 5.75 Å². The van der Waals surface area contributed by atoms with Crippen LogP contribution in [0.2, 0.25) is 0 Å². The molecule has 0 saturated carbocycles. The molecule has 2 heteroatoms. The number of hydrogen-bond acceptors (Lipinski definition) is 2. The lowest BCUT2D eigenvalue weighted by Gasteiger charge is -2.27. The van der Waals surface area contributed by atoms with Crippen molar-refractivity contribution in [1.82, 2.24) is 5.32 Å². The van der Waals surface area contributed by atoms with Gasteiger partial charge in [0.05, 0.1) is 0 Å². The Labute approximate surface area is 112 Å². The normalized spacial score (nSPS) is 11.6. The largest absolute Gasteiger partial charge is 0.487 e.